The van der Waals surface area contributed by atoms with Crippen molar-refractivity contribution in [1.82, 2.24) is 4.98 Å². The highest BCUT2D eigenvalue weighted by atomic mass is 32.1. The highest BCUT2D eigenvalue weighted by molar-refractivity contribution is 7.20. The van der Waals surface area contributed by atoms with Crippen molar-refractivity contribution in [2.75, 3.05) is 0 Å². The minimum atomic E-state index is -2.88. The maximum Gasteiger partial charge on any atom is 0.387 e. The number of thiazole rings is 1. The number of aromatic nitrogens is 1. The van der Waals surface area contributed by atoms with Crippen molar-refractivity contribution in [2.24, 2.45) is 0 Å². The first kappa shape index (κ1) is 19.0. The summed E-state index contributed by atoms with van der Waals surface area (Å²) in [7, 11) is 0. The zero-order valence-electron chi connectivity index (χ0n) is 15.1. The van der Waals surface area contributed by atoms with Gasteiger partial charge in [0.25, 0.3) is 0 Å². The van der Waals surface area contributed by atoms with Gasteiger partial charge in [0.15, 0.2) is 5.78 Å². The Labute approximate surface area is 169 Å². The number of nitrogens with zero attached hydrogens (tertiary/aromatic N) is 1. The van der Waals surface area contributed by atoms with E-state index in [1.165, 1.54) is 23.5 Å². The van der Waals surface area contributed by atoms with Crippen LogP contribution < -0.4 is 4.74 Å². The van der Waals surface area contributed by atoms with Crippen molar-refractivity contribution in [3.8, 4) is 5.75 Å². The molecule has 6 heteroatoms. The van der Waals surface area contributed by atoms with E-state index in [2.05, 4.69) is 9.72 Å². The number of alkyl halides is 2. The van der Waals surface area contributed by atoms with E-state index < -0.39 is 6.61 Å². The predicted octanol–water partition coefficient (Wildman–Crippen LogP) is 6.32. The molecule has 1 aromatic heterocycles. The SMILES string of the molecule is O=C(/C(=C/c1ccc(OC(F)F)cc1)c1nc2ccccc2s1)c1ccccc1. The Morgan fingerprint density at radius 1 is 0.931 bits per heavy atom. The third kappa shape index (κ3) is 4.38. The molecule has 144 valence electrons. The van der Waals surface area contributed by atoms with Crippen molar-refractivity contribution < 1.29 is 18.3 Å². The van der Waals surface area contributed by atoms with Crippen LogP contribution in [0.5, 0.6) is 5.75 Å². The van der Waals surface area contributed by atoms with Gasteiger partial charge in [0.2, 0.25) is 0 Å². The Balaban J connectivity index is 1.77. The third-order valence-corrected chi connectivity index (χ3v) is 5.29. The van der Waals surface area contributed by atoms with Crippen LogP contribution in [-0.2, 0) is 0 Å². The van der Waals surface area contributed by atoms with Crippen molar-refractivity contribution in [3.63, 3.8) is 0 Å². The minimum absolute atomic E-state index is 0.0630. The van der Waals surface area contributed by atoms with Crippen molar-refractivity contribution in [2.45, 2.75) is 6.61 Å². The molecule has 0 saturated heterocycles. The summed E-state index contributed by atoms with van der Waals surface area (Å²) < 4.78 is 30.1. The molecule has 0 N–H and O–H groups in total. The highest BCUT2D eigenvalue weighted by Crippen LogP contribution is 2.31. The molecule has 0 fully saturated rings. The van der Waals surface area contributed by atoms with E-state index in [1.807, 2.05) is 30.3 Å². The van der Waals surface area contributed by atoms with E-state index in [0.29, 0.717) is 21.7 Å². The first-order valence-electron chi connectivity index (χ1n) is 8.82. The molecular weight excluding hydrogens is 392 g/mol. The summed E-state index contributed by atoms with van der Waals surface area (Å²) in [6.45, 7) is -2.88. The molecule has 0 saturated carbocycles. The molecule has 0 aliphatic rings. The zero-order chi connectivity index (χ0) is 20.2. The highest BCUT2D eigenvalue weighted by Gasteiger charge is 2.18. The molecule has 0 bridgehead atoms. The molecule has 29 heavy (non-hydrogen) atoms. The van der Waals surface area contributed by atoms with Gasteiger partial charge in [-0.2, -0.15) is 8.78 Å². The number of halogens is 2. The molecule has 4 rings (SSSR count). The average Bonchev–Trinajstić information content (AvgIpc) is 3.17. The first-order valence-corrected chi connectivity index (χ1v) is 9.64. The standard InChI is InChI=1S/C23H15F2NO2S/c24-23(25)28-17-12-10-15(11-13-17)14-18(21(27)16-6-2-1-3-7-16)22-26-19-8-4-5-9-20(19)29-22/h1-14,23H/b18-14-. The molecule has 0 unspecified atom stereocenters. The Hall–Kier alpha value is -3.38. The van der Waals surface area contributed by atoms with E-state index in [1.54, 1.807) is 42.5 Å². The number of fused-ring (bicyclic) bond motifs is 1. The largest absolute Gasteiger partial charge is 0.435 e. The van der Waals surface area contributed by atoms with E-state index in [9.17, 15) is 13.6 Å². The summed E-state index contributed by atoms with van der Waals surface area (Å²) in [5.41, 5.74) is 2.50. The number of hydrogen-bond donors (Lipinski definition) is 0. The van der Waals surface area contributed by atoms with Crippen LogP contribution in [0.1, 0.15) is 20.9 Å². The second-order valence-corrected chi connectivity index (χ2v) is 7.22. The van der Waals surface area contributed by atoms with Crippen LogP contribution in [-0.4, -0.2) is 17.4 Å². The summed E-state index contributed by atoms with van der Waals surface area (Å²) in [4.78, 5) is 17.8. The summed E-state index contributed by atoms with van der Waals surface area (Å²) in [6, 6.07) is 22.8. The van der Waals surface area contributed by atoms with Gasteiger partial charge in [-0.15, -0.1) is 11.3 Å². The number of ether oxygens (including phenoxy) is 1. The number of carbonyl (C=O) groups is 1. The van der Waals surface area contributed by atoms with Crippen LogP contribution in [0.15, 0.2) is 78.9 Å². The zero-order valence-corrected chi connectivity index (χ0v) is 15.9. The van der Waals surface area contributed by atoms with Gasteiger partial charge in [0.05, 0.1) is 15.8 Å². The molecule has 3 aromatic carbocycles. The maximum absolute atomic E-state index is 13.2. The van der Waals surface area contributed by atoms with Crippen molar-refractivity contribution >= 4 is 39.0 Å². The summed E-state index contributed by atoms with van der Waals surface area (Å²) >= 11 is 1.44. The maximum atomic E-state index is 13.2. The Kier molecular flexibility index (Phi) is 5.44. The van der Waals surface area contributed by atoms with E-state index in [-0.39, 0.29) is 11.5 Å². The van der Waals surface area contributed by atoms with Gasteiger partial charge in [-0.05, 0) is 35.9 Å². The monoisotopic (exact) mass is 407 g/mol. The summed E-state index contributed by atoms with van der Waals surface area (Å²) in [5, 5.41) is 0.605. The Morgan fingerprint density at radius 3 is 2.31 bits per heavy atom. The Bertz CT molecular complexity index is 1140. The van der Waals surface area contributed by atoms with Gasteiger partial charge in [-0.25, -0.2) is 4.98 Å². The van der Waals surface area contributed by atoms with E-state index in [0.717, 1.165) is 10.2 Å². The number of hydrogen-bond acceptors (Lipinski definition) is 4. The van der Waals surface area contributed by atoms with Gasteiger partial charge in [-0.1, -0.05) is 54.6 Å². The number of rotatable bonds is 6. The van der Waals surface area contributed by atoms with E-state index in [4.69, 9.17) is 0 Å². The van der Waals surface area contributed by atoms with Crippen LogP contribution in [0.25, 0.3) is 21.9 Å². The van der Waals surface area contributed by atoms with Gasteiger partial charge < -0.3 is 4.74 Å². The van der Waals surface area contributed by atoms with Gasteiger partial charge in [0, 0.05) is 5.56 Å². The number of para-hydroxylation sites is 1. The second-order valence-electron chi connectivity index (χ2n) is 6.19. The van der Waals surface area contributed by atoms with Crippen LogP contribution in [0.3, 0.4) is 0 Å². The molecular formula is C23H15F2NO2S. The number of Topliss-reactive ketones (excluding diaryl/α,β-unsaturated/α-hetero) is 1. The molecule has 1 heterocycles. The van der Waals surface area contributed by atoms with Crippen molar-refractivity contribution in [1.29, 1.82) is 0 Å². The molecule has 0 aliphatic heterocycles. The quantitative estimate of drug-likeness (QED) is 0.277. The summed E-state index contributed by atoms with van der Waals surface area (Å²) in [6.07, 6.45) is 1.72. The van der Waals surface area contributed by atoms with Crippen LogP contribution in [0, 0.1) is 0 Å². The summed E-state index contributed by atoms with van der Waals surface area (Å²) in [5.74, 6) is -0.0920. The minimum Gasteiger partial charge on any atom is -0.435 e. The molecule has 0 atom stereocenters. The van der Waals surface area contributed by atoms with Crippen LogP contribution in [0.4, 0.5) is 8.78 Å². The number of allylic oxidation sites excluding steroid dienone is 1. The molecule has 0 aliphatic carbocycles. The molecule has 0 radical (unpaired) electrons. The fourth-order valence-corrected chi connectivity index (χ4v) is 3.85. The smallest absolute Gasteiger partial charge is 0.387 e. The number of carbonyl (C=O) groups excluding carboxylic acids is 1. The lowest BCUT2D eigenvalue weighted by molar-refractivity contribution is -0.0498. The lowest BCUT2D eigenvalue weighted by Crippen LogP contribution is -2.03. The first-order chi connectivity index (χ1) is 14.1. The lowest BCUT2D eigenvalue weighted by atomic mass is 10.0. The predicted molar refractivity (Wildman–Crippen MR) is 111 cm³/mol. The second kappa shape index (κ2) is 8.32. The molecule has 0 spiro atoms. The van der Waals surface area contributed by atoms with Gasteiger partial charge in [0.1, 0.15) is 10.8 Å². The fourth-order valence-electron chi connectivity index (χ4n) is 2.87. The fraction of sp³-hybridized carbons (Fsp3) is 0.0435. The van der Waals surface area contributed by atoms with Crippen molar-refractivity contribution in [3.05, 3.63) is 95.0 Å². The van der Waals surface area contributed by atoms with Crippen LogP contribution in [0.2, 0.25) is 0 Å². The van der Waals surface area contributed by atoms with Gasteiger partial charge >= 0.3 is 6.61 Å². The third-order valence-electron chi connectivity index (χ3n) is 4.22. The molecule has 0 amide bonds. The normalized spacial score (nSPS) is 11.8. The number of benzene rings is 3. The Morgan fingerprint density at radius 2 is 1.62 bits per heavy atom. The lowest BCUT2D eigenvalue weighted by Gasteiger charge is -2.06. The number of ketones is 1. The van der Waals surface area contributed by atoms with Crippen LogP contribution >= 0.6 is 11.3 Å². The topological polar surface area (TPSA) is 39.2 Å². The van der Waals surface area contributed by atoms with Gasteiger partial charge in [-0.3, -0.25) is 4.79 Å². The van der Waals surface area contributed by atoms with E-state index >= 15 is 0 Å². The average molecular weight is 407 g/mol. The molecule has 3 nitrogen and oxygen atoms in total. The molecule has 4 aromatic rings.